The van der Waals surface area contributed by atoms with E-state index in [0.717, 1.165) is 23.7 Å². The van der Waals surface area contributed by atoms with Gasteiger partial charge in [-0.05, 0) is 90.9 Å². The largest absolute Gasteiger partial charge is 0.159 e. The second kappa shape index (κ2) is 3.90. The van der Waals surface area contributed by atoms with Crippen molar-refractivity contribution in [1.29, 1.82) is 0 Å². The molecule has 0 aromatic heterocycles. The molecule has 0 heterocycles. The molecule has 1 aromatic rings. The smallest absolute Gasteiger partial charge is 0.0617 e. The number of benzene rings is 1. The Morgan fingerprint density at radius 2 is 2.04 bits per heavy atom. The first-order valence-corrected chi connectivity index (χ1v) is 11.9. The molecule has 8 aliphatic rings. The molecule has 0 N–H and O–H groups in total. The van der Waals surface area contributed by atoms with E-state index in [9.17, 15) is 0 Å². The Balaban J connectivity index is 1.44. The normalized spacial score (nSPS) is 54.9. The first kappa shape index (κ1) is 15.0. The van der Waals surface area contributed by atoms with Crippen LogP contribution in [-0.2, 0) is 18.3 Å². The first-order valence-electron chi connectivity index (χ1n) is 11.9. The standard InChI is InChI=1S/C27H33/c1-15-4-7-18-13-25-14-27-21(11-19(15)22(18)27)24(3)8-9-26(27,16(2)12-24)23(25)20(25)10-17-5-6-17/h4,7,16-17,21,23H,5-6,8-14H2,1-3H3/q+1. The van der Waals surface area contributed by atoms with Crippen LogP contribution in [-0.4, -0.2) is 0 Å². The molecule has 3 spiro atoms. The Hall–Kier alpha value is -0.910. The molecule has 0 aliphatic heterocycles. The summed E-state index contributed by atoms with van der Waals surface area (Å²) in [5.74, 6) is 6.07. The van der Waals surface area contributed by atoms with E-state index >= 15 is 0 Å². The van der Waals surface area contributed by atoms with Crippen LogP contribution in [0.15, 0.2) is 12.1 Å². The van der Waals surface area contributed by atoms with E-state index < -0.39 is 0 Å². The van der Waals surface area contributed by atoms with E-state index in [0.29, 0.717) is 21.7 Å². The molecule has 7 atom stereocenters. The second-order valence-electron chi connectivity index (χ2n) is 12.5. The van der Waals surface area contributed by atoms with Gasteiger partial charge >= 0.3 is 0 Å². The molecule has 6 fully saturated rings. The molecular weight excluding hydrogens is 324 g/mol. The molecule has 6 saturated carbocycles. The summed E-state index contributed by atoms with van der Waals surface area (Å²) in [7, 11) is 0. The van der Waals surface area contributed by atoms with Gasteiger partial charge in [0, 0.05) is 23.7 Å². The summed E-state index contributed by atoms with van der Waals surface area (Å²) in [6.45, 7) is 7.80. The maximum Gasteiger partial charge on any atom is 0.159 e. The maximum atomic E-state index is 2.70. The monoisotopic (exact) mass is 357 g/mol. The molecule has 0 saturated heterocycles. The zero-order chi connectivity index (χ0) is 18.0. The Morgan fingerprint density at radius 1 is 1.19 bits per heavy atom. The van der Waals surface area contributed by atoms with Crippen molar-refractivity contribution in [3.63, 3.8) is 0 Å². The highest BCUT2D eigenvalue weighted by atomic mass is 14.9. The third kappa shape index (κ3) is 1.26. The Bertz CT molecular complexity index is 922. The van der Waals surface area contributed by atoms with Crippen molar-refractivity contribution in [2.45, 2.75) is 84.0 Å². The van der Waals surface area contributed by atoms with Crippen LogP contribution in [0.5, 0.6) is 0 Å². The van der Waals surface area contributed by atoms with E-state index in [1.54, 1.807) is 24.0 Å². The summed E-state index contributed by atoms with van der Waals surface area (Å²) >= 11 is 0. The van der Waals surface area contributed by atoms with Crippen molar-refractivity contribution in [1.82, 2.24) is 0 Å². The van der Waals surface area contributed by atoms with Crippen molar-refractivity contribution in [3.8, 4) is 0 Å². The van der Waals surface area contributed by atoms with Gasteiger partial charge in [-0.1, -0.05) is 26.0 Å². The van der Waals surface area contributed by atoms with Gasteiger partial charge in [-0.25, -0.2) is 0 Å². The SMILES string of the molecule is Cc1ccc2c3c1CC1C4(C)CCC5(C(C)C4)C4[C+](CC6CC6)C4(C2)CC315. The van der Waals surface area contributed by atoms with Crippen LogP contribution in [0.25, 0.3) is 0 Å². The summed E-state index contributed by atoms with van der Waals surface area (Å²) in [5, 5.41) is 0. The van der Waals surface area contributed by atoms with Crippen molar-refractivity contribution >= 4 is 0 Å². The lowest BCUT2D eigenvalue weighted by Crippen LogP contribution is -2.65. The Kier molecular flexibility index (Phi) is 2.17. The third-order valence-corrected chi connectivity index (χ3v) is 11.8. The van der Waals surface area contributed by atoms with Gasteiger partial charge in [0.2, 0.25) is 0 Å². The fraction of sp³-hybridized carbons (Fsp3) is 0.741. The van der Waals surface area contributed by atoms with Gasteiger partial charge in [0.05, 0.1) is 6.42 Å². The Morgan fingerprint density at radius 3 is 2.81 bits per heavy atom. The second-order valence-corrected chi connectivity index (χ2v) is 12.5. The highest BCUT2D eigenvalue weighted by Crippen LogP contribution is 2.94. The highest BCUT2D eigenvalue weighted by Gasteiger charge is 2.97. The highest BCUT2D eigenvalue weighted by molar-refractivity contribution is 5.64. The molecular formula is C27H33+. The molecule has 4 bridgehead atoms. The third-order valence-electron chi connectivity index (χ3n) is 11.8. The summed E-state index contributed by atoms with van der Waals surface area (Å²) in [5.41, 5.74) is 9.65. The first-order chi connectivity index (χ1) is 13.0. The lowest BCUT2D eigenvalue weighted by Gasteiger charge is -2.67. The number of hydrogen-bond acceptors (Lipinski definition) is 0. The van der Waals surface area contributed by atoms with Gasteiger partial charge in [0.1, 0.15) is 5.92 Å². The van der Waals surface area contributed by atoms with Gasteiger partial charge in [-0.3, -0.25) is 0 Å². The van der Waals surface area contributed by atoms with Gasteiger partial charge in [0.15, 0.2) is 11.3 Å². The van der Waals surface area contributed by atoms with Gasteiger partial charge in [-0.15, -0.1) is 0 Å². The Labute approximate surface area is 164 Å². The molecule has 7 unspecified atom stereocenters. The lowest BCUT2D eigenvalue weighted by atomic mass is 9.35. The molecule has 0 nitrogen and oxygen atoms in total. The van der Waals surface area contributed by atoms with Crippen LogP contribution < -0.4 is 0 Å². The molecule has 0 radical (unpaired) electrons. The van der Waals surface area contributed by atoms with E-state index in [1.165, 1.54) is 44.9 Å². The molecule has 9 rings (SSSR count). The topological polar surface area (TPSA) is 0 Å². The zero-order valence-corrected chi connectivity index (χ0v) is 17.3. The average Bonchev–Trinajstić information content (AvgIpc) is 3.48. The molecule has 8 aliphatic carbocycles. The number of fused-ring (bicyclic) bond motifs is 2. The fourth-order valence-electron chi connectivity index (χ4n) is 11.1. The maximum absolute atomic E-state index is 2.70. The van der Waals surface area contributed by atoms with Crippen molar-refractivity contribution in [3.05, 3.63) is 40.3 Å². The van der Waals surface area contributed by atoms with Crippen LogP contribution in [0.2, 0.25) is 0 Å². The average molecular weight is 358 g/mol. The van der Waals surface area contributed by atoms with Crippen LogP contribution in [0, 0.1) is 52.8 Å². The van der Waals surface area contributed by atoms with Crippen LogP contribution in [0.3, 0.4) is 0 Å². The molecule has 27 heavy (non-hydrogen) atoms. The summed E-state index contributed by atoms with van der Waals surface area (Å²) in [6.07, 6.45) is 13.6. The van der Waals surface area contributed by atoms with Crippen molar-refractivity contribution in [2.24, 2.45) is 39.9 Å². The van der Waals surface area contributed by atoms with E-state index in [1.807, 2.05) is 11.1 Å². The number of rotatable bonds is 2. The molecule has 0 amide bonds. The summed E-state index contributed by atoms with van der Waals surface area (Å²) in [6, 6.07) is 5.07. The minimum absolute atomic E-state index is 0.574. The van der Waals surface area contributed by atoms with Gasteiger partial charge in [-0.2, -0.15) is 0 Å². The van der Waals surface area contributed by atoms with Crippen LogP contribution >= 0.6 is 0 Å². The van der Waals surface area contributed by atoms with E-state index in [4.69, 9.17) is 0 Å². The predicted octanol–water partition coefficient (Wildman–Crippen LogP) is 6.18. The summed E-state index contributed by atoms with van der Waals surface area (Å²) < 4.78 is 0. The fourth-order valence-corrected chi connectivity index (χ4v) is 11.1. The lowest BCUT2D eigenvalue weighted by molar-refractivity contribution is -0.160. The van der Waals surface area contributed by atoms with Crippen LogP contribution in [0.1, 0.15) is 81.0 Å². The number of hydrogen-bond donors (Lipinski definition) is 0. The van der Waals surface area contributed by atoms with Gasteiger partial charge in [0.25, 0.3) is 0 Å². The molecule has 140 valence electrons. The minimum Gasteiger partial charge on any atom is -0.0617 e. The zero-order valence-electron chi connectivity index (χ0n) is 17.3. The van der Waals surface area contributed by atoms with E-state index in [-0.39, 0.29) is 0 Å². The quantitative estimate of drug-likeness (QED) is 0.554. The predicted molar refractivity (Wildman–Crippen MR) is 108 cm³/mol. The van der Waals surface area contributed by atoms with E-state index in [2.05, 4.69) is 38.8 Å². The van der Waals surface area contributed by atoms with Crippen molar-refractivity contribution < 1.29 is 0 Å². The van der Waals surface area contributed by atoms with Crippen molar-refractivity contribution in [2.75, 3.05) is 0 Å². The minimum atomic E-state index is 0.574. The number of aryl methyl sites for hydroxylation is 1. The van der Waals surface area contributed by atoms with Gasteiger partial charge < -0.3 is 0 Å². The summed E-state index contributed by atoms with van der Waals surface area (Å²) in [4.78, 5) is 0. The van der Waals surface area contributed by atoms with Crippen LogP contribution in [0.4, 0.5) is 0 Å². The molecule has 1 aromatic carbocycles. The molecule has 0 heteroatoms.